The van der Waals surface area contributed by atoms with Gasteiger partial charge in [0.2, 0.25) is 5.91 Å². The molecule has 0 bridgehead atoms. The Balaban J connectivity index is 3.00. The maximum Gasteiger partial charge on any atom is 0.229 e. The lowest BCUT2D eigenvalue weighted by molar-refractivity contribution is -0.118. The van der Waals surface area contributed by atoms with E-state index in [0.29, 0.717) is 13.0 Å². The van der Waals surface area contributed by atoms with Crippen LogP contribution in [0.2, 0.25) is 0 Å². The molecule has 0 aromatic carbocycles. The summed E-state index contributed by atoms with van der Waals surface area (Å²) in [5, 5.41) is 0. The maximum absolute atomic E-state index is 10.2. The van der Waals surface area contributed by atoms with E-state index in [1.807, 2.05) is 0 Å². The van der Waals surface area contributed by atoms with Crippen molar-refractivity contribution in [3.05, 3.63) is 0 Å². The molecule has 1 amide bonds. The molecule has 7 heavy (non-hydrogen) atoms. The van der Waals surface area contributed by atoms with Gasteiger partial charge in [-0.1, -0.05) is 0 Å². The van der Waals surface area contributed by atoms with E-state index >= 15 is 0 Å². The molecule has 0 fully saturated rings. The number of nitrogens with one attached hydrogen (secondary N) is 1. The Hall–Kier alpha value is 0.160. The molecule has 0 unspecified atom stereocenters. The Kier molecular flexibility index (Phi) is 4.42. The van der Waals surface area contributed by atoms with Crippen LogP contribution in [0.15, 0.2) is 0 Å². The summed E-state index contributed by atoms with van der Waals surface area (Å²) in [6.07, 6.45) is 0.420. The summed E-state index contributed by atoms with van der Waals surface area (Å²) >= 11 is 1.78. The molecule has 0 heterocycles. The first-order chi connectivity index (χ1) is 3.31. The molecule has 3 nitrogen and oxygen atoms in total. The van der Waals surface area contributed by atoms with Gasteiger partial charge in [0.15, 0.2) is 0 Å². The van der Waals surface area contributed by atoms with Crippen molar-refractivity contribution < 1.29 is 4.79 Å². The van der Waals surface area contributed by atoms with E-state index in [2.05, 4.69) is 3.53 Å². The van der Waals surface area contributed by atoms with Crippen LogP contribution in [0.5, 0.6) is 0 Å². The largest absolute Gasteiger partial charge is 0.330 e. The predicted molar refractivity (Wildman–Crippen MR) is 35.8 cm³/mol. The van der Waals surface area contributed by atoms with Crippen LogP contribution in [0.25, 0.3) is 0 Å². The molecule has 0 aliphatic heterocycles. The Morgan fingerprint density at radius 1 is 1.86 bits per heavy atom. The Bertz CT molecular complexity index is 66.0. The molecule has 0 aromatic rings. The van der Waals surface area contributed by atoms with Crippen molar-refractivity contribution in [1.29, 1.82) is 0 Å². The third kappa shape index (κ3) is 4.00. The van der Waals surface area contributed by atoms with Crippen molar-refractivity contribution in [1.82, 2.24) is 3.53 Å². The van der Waals surface area contributed by atoms with Gasteiger partial charge in [0, 0.05) is 13.0 Å². The van der Waals surface area contributed by atoms with Crippen molar-refractivity contribution in [3.63, 3.8) is 0 Å². The van der Waals surface area contributed by atoms with Gasteiger partial charge in [0.05, 0.1) is 22.9 Å². The highest BCUT2D eigenvalue weighted by molar-refractivity contribution is 14.1. The van der Waals surface area contributed by atoms with Crippen LogP contribution in [0.4, 0.5) is 0 Å². The molecule has 0 atom stereocenters. The molecular weight excluding hydrogens is 207 g/mol. The van der Waals surface area contributed by atoms with Crippen molar-refractivity contribution in [2.75, 3.05) is 6.54 Å². The normalized spacial score (nSPS) is 8.29. The zero-order chi connectivity index (χ0) is 5.70. The van der Waals surface area contributed by atoms with E-state index in [0.717, 1.165) is 0 Å². The van der Waals surface area contributed by atoms with Crippen LogP contribution in [0.1, 0.15) is 6.42 Å². The number of hydrogen-bond acceptors (Lipinski definition) is 2. The number of carbonyl (C=O) groups excluding carboxylic acids is 1. The lowest BCUT2D eigenvalue weighted by atomic mass is 10.4. The topological polar surface area (TPSA) is 55.1 Å². The summed E-state index contributed by atoms with van der Waals surface area (Å²) in [6.45, 7) is 0.425. The van der Waals surface area contributed by atoms with Gasteiger partial charge in [-0.25, -0.2) is 0 Å². The average molecular weight is 214 g/mol. The highest BCUT2D eigenvalue weighted by atomic mass is 127. The molecule has 0 spiro atoms. The summed E-state index contributed by atoms with van der Waals surface area (Å²) in [5.74, 6) is -0.0110. The third-order valence-corrected chi connectivity index (χ3v) is 1.08. The van der Waals surface area contributed by atoms with Crippen molar-refractivity contribution >= 4 is 28.8 Å². The Morgan fingerprint density at radius 2 is 2.43 bits per heavy atom. The van der Waals surface area contributed by atoms with Crippen molar-refractivity contribution in [2.24, 2.45) is 5.73 Å². The Morgan fingerprint density at radius 3 is 2.57 bits per heavy atom. The van der Waals surface area contributed by atoms with Gasteiger partial charge in [0.1, 0.15) is 0 Å². The zero-order valence-electron chi connectivity index (χ0n) is 3.78. The quantitative estimate of drug-likeness (QED) is 0.494. The molecule has 42 valence electrons. The number of hydrogen-bond donors (Lipinski definition) is 2. The highest BCUT2D eigenvalue weighted by Gasteiger charge is 1.91. The minimum atomic E-state index is -0.0110. The first-order valence-electron chi connectivity index (χ1n) is 1.90. The van der Waals surface area contributed by atoms with Crippen LogP contribution in [0.3, 0.4) is 0 Å². The maximum atomic E-state index is 10.2. The van der Waals surface area contributed by atoms with Gasteiger partial charge in [-0.15, -0.1) is 0 Å². The fourth-order valence-electron chi connectivity index (χ4n) is 0.178. The fraction of sp³-hybridized carbons (Fsp3) is 0.667. The van der Waals surface area contributed by atoms with Gasteiger partial charge < -0.3 is 5.73 Å². The highest BCUT2D eigenvalue weighted by Crippen LogP contribution is 1.76. The molecular formula is C3H7IN2O. The lowest BCUT2D eigenvalue weighted by Crippen LogP contribution is -2.15. The van der Waals surface area contributed by atoms with Crippen LogP contribution in [-0.4, -0.2) is 12.5 Å². The monoisotopic (exact) mass is 214 g/mol. The third-order valence-electron chi connectivity index (χ3n) is 0.477. The van der Waals surface area contributed by atoms with E-state index in [9.17, 15) is 4.79 Å². The van der Waals surface area contributed by atoms with Crippen LogP contribution in [0, 0.1) is 0 Å². The molecule has 4 heteroatoms. The summed E-state index contributed by atoms with van der Waals surface area (Å²) in [5.41, 5.74) is 5.04. The van der Waals surface area contributed by atoms with E-state index in [4.69, 9.17) is 5.73 Å². The average Bonchev–Trinajstić information content (AvgIpc) is 1.68. The van der Waals surface area contributed by atoms with Gasteiger partial charge >= 0.3 is 0 Å². The van der Waals surface area contributed by atoms with Crippen LogP contribution >= 0.6 is 22.9 Å². The SMILES string of the molecule is NCCC(=O)NI. The molecule has 0 saturated carbocycles. The zero-order valence-corrected chi connectivity index (χ0v) is 5.94. The van der Waals surface area contributed by atoms with Gasteiger partial charge in [-0.2, -0.15) is 0 Å². The van der Waals surface area contributed by atoms with E-state index in [-0.39, 0.29) is 5.91 Å². The second-order valence-corrected chi connectivity index (χ2v) is 1.60. The lowest BCUT2D eigenvalue weighted by Gasteiger charge is -1.89. The minimum absolute atomic E-state index is 0.0110. The number of amides is 1. The Labute approximate surface area is 56.1 Å². The number of carbonyl (C=O) groups is 1. The molecule has 3 N–H and O–H groups in total. The second-order valence-electron chi connectivity index (χ2n) is 1.06. The van der Waals surface area contributed by atoms with Gasteiger partial charge in [0.25, 0.3) is 0 Å². The molecule has 0 saturated heterocycles. The fourth-order valence-corrected chi connectivity index (χ4v) is 0.448. The van der Waals surface area contributed by atoms with Crippen molar-refractivity contribution in [3.8, 4) is 0 Å². The summed E-state index contributed by atoms with van der Waals surface area (Å²) < 4.78 is 2.42. The molecule has 0 rings (SSSR count). The van der Waals surface area contributed by atoms with Gasteiger partial charge in [-0.05, 0) is 0 Å². The van der Waals surface area contributed by atoms with Crippen molar-refractivity contribution in [2.45, 2.75) is 6.42 Å². The summed E-state index contributed by atoms with van der Waals surface area (Å²) in [7, 11) is 0. The first-order valence-corrected chi connectivity index (χ1v) is 2.98. The standard InChI is InChI=1S/C3H7IN2O/c4-6-3(7)1-2-5/h1-2,5H2,(H,6,7). The number of nitrogens with two attached hydrogens (primary N) is 1. The number of halogens is 1. The van der Waals surface area contributed by atoms with E-state index in [1.54, 1.807) is 22.9 Å². The second kappa shape index (κ2) is 4.32. The first kappa shape index (κ1) is 7.16. The van der Waals surface area contributed by atoms with Crippen LogP contribution < -0.4 is 9.26 Å². The van der Waals surface area contributed by atoms with E-state index < -0.39 is 0 Å². The minimum Gasteiger partial charge on any atom is -0.330 e. The molecule has 0 aliphatic carbocycles. The smallest absolute Gasteiger partial charge is 0.229 e. The molecule has 0 radical (unpaired) electrons. The molecule has 0 aromatic heterocycles. The summed E-state index contributed by atoms with van der Waals surface area (Å²) in [4.78, 5) is 10.2. The molecule has 0 aliphatic rings. The predicted octanol–water partition coefficient (Wildman–Crippen LogP) is -0.199. The number of rotatable bonds is 2. The van der Waals surface area contributed by atoms with Gasteiger partial charge in [-0.3, -0.25) is 8.32 Å². The van der Waals surface area contributed by atoms with E-state index in [1.165, 1.54) is 0 Å². The van der Waals surface area contributed by atoms with Crippen LogP contribution in [-0.2, 0) is 4.79 Å². The summed E-state index contributed by atoms with van der Waals surface area (Å²) in [6, 6.07) is 0.